The maximum Gasteiger partial charge on any atom is 0.257 e. The minimum atomic E-state index is -0.832. The van der Waals surface area contributed by atoms with Crippen molar-refractivity contribution in [2.75, 3.05) is 14.2 Å². The van der Waals surface area contributed by atoms with Gasteiger partial charge in [-0.1, -0.05) is 67.1 Å². The van der Waals surface area contributed by atoms with E-state index in [1.165, 1.54) is 39.0 Å². The standard InChI is InChI=1S/C37H39O4P/c1-23-20-33(42(28-15-8-6-9-16-28)29-17-10-7-11-18-29)36-30(25(23)3)21-26-13-12-14-27-22-31-34(40-37(26,27)41-36)24(2)19-32(38-4)35(31)39-5/h6-11,15-20,26-27H,12-14,21-22H2,1-5H3/t26-,27-,37+/m1/s1. The van der Waals surface area contributed by atoms with E-state index in [1.807, 2.05) is 6.07 Å². The molecule has 4 nitrogen and oxygen atoms in total. The highest BCUT2D eigenvalue weighted by Gasteiger charge is 2.58. The average Bonchev–Trinajstić information content (AvgIpc) is 3.02. The largest absolute Gasteiger partial charge is 0.493 e. The Kier molecular flexibility index (Phi) is 6.94. The minimum absolute atomic E-state index is 0.228. The molecule has 2 heterocycles. The van der Waals surface area contributed by atoms with Crippen molar-refractivity contribution in [3.63, 3.8) is 0 Å². The third-order valence-corrected chi connectivity index (χ3v) is 12.2. The summed E-state index contributed by atoms with van der Waals surface area (Å²) in [6, 6.07) is 26.3. The molecule has 3 aliphatic rings. The lowest BCUT2D eigenvalue weighted by molar-refractivity contribution is -0.226. The van der Waals surface area contributed by atoms with Crippen molar-refractivity contribution in [1.82, 2.24) is 0 Å². The van der Waals surface area contributed by atoms with E-state index in [0.29, 0.717) is 0 Å². The Morgan fingerprint density at radius 3 is 1.90 bits per heavy atom. The van der Waals surface area contributed by atoms with Crippen molar-refractivity contribution in [1.29, 1.82) is 0 Å². The van der Waals surface area contributed by atoms with Gasteiger partial charge in [0.25, 0.3) is 5.79 Å². The van der Waals surface area contributed by atoms with Crippen LogP contribution in [0.5, 0.6) is 23.0 Å². The lowest BCUT2D eigenvalue weighted by Crippen LogP contribution is -2.62. The first-order valence-electron chi connectivity index (χ1n) is 15.1. The first-order valence-corrected chi connectivity index (χ1v) is 16.4. The van der Waals surface area contributed by atoms with Crippen LogP contribution in [0.4, 0.5) is 0 Å². The summed E-state index contributed by atoms with van der Waals surface area (Å²) in [6.45, 7) is 6.63. The summed E-state index contributed by atoms with van der Waals surface area (Å²) in [6.07, 6.45) is 5.18. The molecule has 0 saturated heterocycles. The first kappa shape index (κ1) is 27.3. The Balaban J connectivity index is 1.42. The maximum absolute atomic E-state index is 7.48. The number of methoxy groups -OCH3 is 2. The monoisotopic (exact) mass is 578 g/mol. The number of hydrogen-bond donors (Lipinski definition) is 0. The molecule has 0 amide bonds. The van der Waals surface area contributed by atoms with Crippen LogP contribution in [-0.2, 0) is 12.8 Å². The van der Waals surface area contributed by atoms with Gasteiger partial charge in [0.2, 0.25) is 0 Å². The van der Waals surface area contributed by atoms with Gasteiger partial charge in [-0.05, 0) is 99.4 Å². The van der Waals surface area contributed by atoms with Crippen LogP contribution < -0.4 is 34.9 Å². The zero-order valence-electron chi connectivity index (χ0n) is 25.2. The van der Waals surface area contributed by atoms with Gasteiger partial charge in [-0.15, -0.1) is 0 Å². The van der Waals surface area contributed by atoms with E-state index >= 15 is 0 Å². The topological polar surface area (TPSA) is 36.9 Å². The van der Waals surface area contributed by atoms with Crippen LogP contribution in [0, 0.1) is 32.6 Å². The highest BCUT2D eigenvalue weighted by atomic mass is 31.1. The summed E-state index contributed by atoms with van der Waals surface area (Å²) in [5.41, 5.74) is 6.21. The van der Waals surface area contributed by atoms with Crippen LogP contribution in [0.3, 0.4) is 0 Å². The summed E-state index contributed by atoms with van der Waals surface area (Å²) in [5, 5.41) is 3.95. The maximum atomic E-state index is 7.48. The molecule has 0 unspecified atom stereocenters. The lowest BCUT2D eigenvalue weighted by Gasteiger charge is -2.54. The molecule has 5 heteroatoms. The highest BCUT2D eigenvalue weighted by Crippen LogP contribution is 2.57. The summed E-state index contributed by atoms with van der Waals surface area (Å²) in [5.74, 6) is 3.31. The van der Waals surface area contributed by atoms with Gasteiger partial charge >= 0.3 is 0 Å². The van der Waals surface area contributed by atoms with Gasteiger partial charge in [0.1, 0.15) is 11.5 Å². The molecule has 216 valence electrons. The molecule has 7 rings (SSSR count). The normalized spacial score (nSPS) is 22.1. The van der Waals surface area contributed by atoms with Crippen LogP contribution >= 0.6 is 7.92 Å². The number of hydrogen-bond acceptors (Lipinski definition) is 4. The molecular weight excluding hydrogens is 539 g/mol. The summed E-state index contributed by atoms with van der Waals surface area (Å²) >= 11 is 0. The van der Waals surface area contributed by atoms with E-state index in [2.05, 4.69) is 87.5 Å². The van der Waals surface area contributed by atoms with Gasteiger partial charge in [0.05, 0.1) is 14.2 Å². The Morgan fingerprint density at radius 1 is 0.714 bits per heavy atom. The highest BCUT2D eigenvalue weighted by molar-refractivity contribution is 7.80. The minimum Gasteiger partial charge on any atom is -0.493 e. The van der Waals surface area contributed by atoms with E-state index in [0.717, 1.165) is 59.8 Å². The first-order chi connectivity index (χ1) is 20.4. The second-order valence-electron chi connectivity index (χ2n) is 12.0. The zero-order chi connectivity index (χ0) is 29.0. The number of rotatable bonds is 5. The van der Waals surface area contributed by atoms with Crippen LogP contribution in [0.2, 0.25) is 0 Å². The molecule has 4 aromatic carbocycles. The molecule has 42 heavy (non-hydrogen) atoms. The molecule has 0 bridgehead atoms. The second-order valence-corrected chi connectivity index (χ2v) is 14.2. The zero-order valence-corrected chi connectivity index (χ0v) is 26.1. The molecule has 1 saturated carbocycles. The number of aryl methyl sites for hydroxylation is 2. The van der Waals surface area contributed by atoms with Crippen LogP contribution in [0.25, 0.3) is 0 Å². The van der Waals surface area contributed by atoms with Gasteiger partial charge in [0.15, 0.2) is 11.5 Å². The number of ether oxygens (including phenoxy) is 4. The Bertz CT molecular complexity index is 1590. The molecule has 4 aromatic rings. The van der Waals surface area contributed by atoms with E-state index in [1.54, 1.807) is 14.2 Å². The fourth-order valence-corrected chi connectivity index (χ4v) is 10.1. The summed E-state index contributed by atoms with van der Waals surface area (Å²) in [4.78, 5) is 0. The third kappa shape index (κ3) is 4.21. The van der Waals surface area contributed by atoms with Gasteiger partial charge in [-0.2, -0.15) is 0 Å². The van der Waals surface area contributed by atoms with E-state index in [4.69, 9.17) is 18.9 Å². The van der Waals surface area contributed by atoms with Crippen molar-refractivity contribution >= 4 is 23.8 Å². The Labute approximate surface area is 250 Å². The Morgan fingerprint density at radius 2 is 1.31 bits per heavy atom. The van der Waals surface area contributed by atoms with Gasteiger partial charge in [-0.3, -0.25) is 0 Å². The molecule has 0 radical (unpaired) electrons. The SMILES string of the molecule is COc1cc(C)c2c(c1OC)C[C@H]1CCC[C@@H]3Cc4c(C)c(C)cc(P(c5ccccc5)c5ccccc5)c4O[C@]13O2. The Hall–Kier alpha value is -3.49. The van der Waals surface area contributed by atoms with Crippen LogP contribution in [-0.4, -0.2) is 20.0 Å². The predicted molar refractivity (Wildman–Crippen MR) is 171 cm³/mol. The molecule has 3 atom stereocenters. The summed E-state index contributed by atoms with van der Waals surface area (Å²) < 4.78 is 26.3. The van der Waals surface area contributed by atoms with Crippen LogP contribution in [0.1, 0.15) is 47.1 Å². The predicted octanol–water partition coefficient (Wildman–Crippen LogP) is 7.07. The molecule has 1 aliphatic carbocycles. The van der Waals surface area contributed by atoms with E-state index in [-0.39, 0.29) is 11.8 Å². The van der Waals surface area contributed by atoms with Gasteiger partial charge in [-0.25, -0.2) is 0 Å². The molecule has 1 spiro atoms. The molecule has 2 aliphatic heterocycles. The van der Waals surface area contributed by atoms with Gasteiger partial charge in [0, 0.05) is 22.7 Å². The van der Waals surface area contributed by atoms with Crippen LogP contribution in [0.15, 0.2) is 72.8 Å². The number of fused-ring (bicyclic) bond motifs is 2. The van der Waals surface area contributed by atoms with Crippen molar-refractivity contribution in [3.05, 3.63) is 101 Å². The smallest absolute Gasteiger partial charge is 0.257 e. The molecule has 0 aromatic heterocycles. The molecule has 0 N–H and O–H groups in total. The average molecular weight is 579 g/mol. The summed E-state index contributed by atoms with van der Waals surface area (Å²) in [7, 11) is 2.60. The van der Waals surface area contributed by atoms with Crippen molar-refractivity contribution in [2.24, 2.45) is 11.8 Å². The van der Waals surface area contributed by atoms with E-state index in [9.17, 15) is 0 Å². The fraction of sp³-hybridized carbons (Fsp3) is 0.351. The van der Waals surface area contributed by atoms with Crippen molar-refractivity contribution < 1.29 is 18.9 Å². The molecular formula is C37H39O4P. The lowest BCUT2D eigenvalue weighted by atomic mass is 9.68. The number of benzene rings is 4. The van der Waals surface area contributed by atoms with Crippen molar-refractivity contribution in [3.8, 4) is 23.0 Å². The van der Waals surface area contributed by atoms with E-state index < -0.39 is 13.7 Å². The third-order valence-electron chi connectivity index (χ3n) is 9.74. The second kappa shape index (κ2) is 10.7. The molecule has 1 fully saturated rings. The fourth-order valence-electron chi connectivity index (χ4n) is 7.57. The quantitative estimate of drug-likeness (QED) is 0.238. The van der Waals surface area contributed by atoms with Gasteiger partial charge < -0.3 is 18.9 Å². The van der Waals surface area contributed by atoms with Crippen molar-refractivity contribution in [2.45, 2.75) is 58.7 Å².